The molecule has 0 bridgehead atoms. The summed E-state index contributed by atoms with van der Waals surface area (Å²) < 4.78 is 12.8. The number of nitriles is 1. The van der Waals surface area contributed by atoms with Crippen LogP contribution in [0.4, 0.5) is 10.3 Å². The Bertz CT molecular complexity index is 433. The lowest BCUT2D eigenvalue weighted by Crippen LogP contribution is -2.50. The van der Waals surface area contributed by atoms with Crippen molar-refractivity contribution in [2.45, 2.75) is 25.8 Å². The fourth-order valence-electron chi connectivity index (χ4n) is 2.30. The highest BCUT2D eigenvalue weighted by molar-refractivity contribution is 5.29. The van der Waals surface area contributed by atoms with Gasteiger partial charge in [0.2, 0.25) is 5.95 Å². The van der Waals surface area contributed by atoms with Crippen LogP contribution in [0.3, 0.4) is 0 Å². The Balaban J connectivity index is 1.92. The van der Waals surface area contributed by atoms with Crippen molar-refractivity contribution in [2.75, 3.05) is 31.1 Å². The summed E-state index contributed by atoms with van der Waals surface area (Å²) in [4.78, 5) is 12.2. The summed E-state index contributed by atoms with van der Waals surface area (Å²) in [7, 11) is 0. The predicted molar refractivity (Wildman–Crippen MR) is 70.1 cm³/mol. The van der Waals surface area contributed by atoms with Crippen molar-refractivity contribution >= 4 is 5.95 Å². The Morgan fingerprint density at radius 2 is 1.95 bits per heavy atom. The third-order valence-corrected chi connectivity index (χ3v) is 3.36. The van der Waals surface area contributed by atoms with Gasteiger partial charge in [0.15, 0.2) is 5.82 Å². The molecular formula is C13H18FN5. The molecule has 5 nitrogen and oxygen atoms in total. The highest BCUT2D eigenvalue weighted by Crippen LogP contribution is 2.14. The molecule has 0 aromatic carbocycles. The number of halogens is 1. The Morgan fingerprint density at radius 3 is 2.47 bits per heavy atom. The molecule has 2 heterocycles. The zero-order valence-corrected chi connectivity index (χ0v) is 11.1. The Hall–Kier alpha value is -1.74. The minimum Gasteiger partial charge on any atom is -0.338 e. The molecule has 2 rings (SSSR count). The van der Waals surface area contributed by atoms with Crippen LogP contribution in [0, 0.1) is 17.1 Å². The van der Waals surface area contributed by atoms with Crippen LogP contribution in [-0.2, 0) is 0 Å². The van der Waals surface area contributed by atoms with Gasteiger partial charge in [-0.25, -0.2) is 14.4 Å². The summed E-state index contributed by atoms with van der Waals surface area (Å²) in [5.41, 5.74) is 0. The zero-order valence-electron chi connectivity index (χ0n) is 11.1. The molecule has 19 heavy (non-hydrogen) atoms. The molecule has 1 aromatic heterocycles. The standard InChI is InChI=1S/C13H18FN5/c1-2-3-12(8-15)18-4-6-19(7-5-18)13-16-9-11(14)10-17-13/h9-10,12H,2-7H2,1H3. The maximum atomic E-state index is 12.8. The highest BCUT2D eigenvalue weighted by Gasteiger charge is 2.24. The molecule has 0 radical (unpaired) electrons. The van der Waals surface area contributed by atoms with Gasteiger partial charge < -0.3 is 4.90 Å². The molecule has 0 saturated carbocycles. The zero-order chi connectivity index (χ0) is 13.7. The van der Waals surface area contributed by atoms with Crippen molar-refractivity contribution in [3.8, 4) is 6.07 Å². The molecule has 1 fully saturated rings. The molecule has 1 aliphatic rings. The van der Waals surface area contributed by atoms with Gasteiger partial charge in [0, 0.05) is 26.2 Å². The van der Waals surface area contributed by atoms with Crippen LogP contribution in [0.1, 0.15) is 19.8 Å². The quantitative estimate of drug-likeness (QED) is 0.822. The van der Waals surface area contributed by atoms with E-state index >= 15 is 0 Å². The third kappa shape index (κ3) is 3.38. The minimum absolute atomic E-state index is 0.00119. The molecule has 0 spiro atoms. The lowest BCUT2D eigenvalue weighted by atomic mass is 10.1. The molecular weight excluding hydrogens is 245 g/mol. The van der Waals surface area contributed by atoms with E-state index in [1.807, 2.05) is 4.90 Å². The fourth-order valence-corrected chi connectivity index (χ4v) is 2.30. The van der Waals surface area contributed by atoms with Gasteiger partial charge in [-0.1, -0.05) is 13.3 Å². The van der Waals surface area contributed by atoms with Crippen molar-refractivity contribution in [3.63, 3.8) is 0 Å². The van der Waals surface area contributed by atoms with Crippen LogP contribution in [-0.4, -0.2) is 47.1 Å². The van der Waals surface area contributed by atoms with Crippen LogP contribution in [0.2, 0.25) is 0 Å². The summed E-state index contributed by atoms with van der Waals surface area (Å²) in [5, 5.41) is 9.15. The molecule has 1 atom stereocenters. The van der Waals surface area contributed by atoms with Crippen LogP contribution < -0.4 is 4.90 Å². The van der Waals surface area contributed by atoms with E-state index in [1.54, 1.807) is 0 Å². The summed E-state index contributed by atoms with van der Waals surface area (Å²) in [6.07, 6.45) is 4.29. The predicted octanol–water partition coefficient (Wildman–Crippen LogP) is 1.43. The first kappa shape index (κ1) is 13.7. The maximum absolute atomic E-state index is 12.8. The van der Waals surface area contributed by atoms with Crippen LogP contribution >= 0.6 is 0 Å². The molecule has 1 aliphatic heterocycles. The monoisotopic (exact) mass is 263 g/mol. The van der Waals surface area contributed by atoms with E-state index in [0.717, 1.165) is 39.0 Å². The summed E-state index contributed by atoms with van der Waals surface area (Å²) in [6.45, 7) is 5.27. The Kier molecular flexibility index (Phi) is 4.63. The van der Waals surface area contributed by atoms with Gasteiger partial charge in [-0.05, 0) is 6.42 Å². The molecule has 1 saturated heterocycles. The average Bonchev–Trinajstić information content (AvgIpc) is 2.46. The topological polar surface area (TPSA) is 56.1 Å². The SMILES string of the molecule is CCCC(C#N)N1CCN(c2ncc(F)cn2)CC1. The second-order valence-electron chi connectivity index (χ2n) is 4.66. The van der Waals surface area contributed by atoms with Crippen molar-refractivity contribution in [2.24, 2.45) is 0 Å². The van der Waals surface area contributed by atoms with Crippen LogP contribution in [0.15, 0.2) is 12.4 Å². The largest absolute Gasteiger partial charge is 0.338 e. The average molecular weight is 263 g/mol. The molecule has 0 amide bonds. The first-order valence-corrected chi connectivity index (χ1v) is 6.60. The van der Waals surface area contributed by atoms with E-state index in [4.69, 9.17) is 5.26 Å². The Labute approximate surface area is 112 Å². The van der Waals surface area contributed by atoms with Gasteiger partial charge in [0.25, 0.3) is 0 Å². The number of aromatic nitrogens is 2. The van der Waals surface area contributed by atoms with Crippen molar-refractivity contribution in [3.05, 3.63) is 18.2 Å². The summed E-state index contributed by atoms with van der Waals surface area (Å²) >= 11 is 0. The van der Waals surface area contributed by atoms with Crippen molar-refractivity contribution in [1.29, 1.82) is 5.26 Å². The van der Waals surface area contributed by atoms with E-state index in [0.29, 0.717) is 5.95 Å². The number of piperazine rings is 1. The first-order valence-electron chi connectivity index (χ1n) is 6.60. The third-order valence-electron chi connectivity index (χ3n) is 3.36. The summed E-state index contributed by atoms with van der Waals surface area (Å²) in [6, 6.07) is 2.36. The van der Waals surface area contributed by atoms with Gasteiger partial charge in [-0.2, -0.15) is 5.26 Å². The van der Waals surface area contributed by atoms with Crippen LogP contribution in [0.25, 0.3) is 0 Å². The molecule has 0 aliphatic carbocycles. The first-order chi connectivity index (χ1) is 9.24. The lowest BCUT2D eigenvalue weighted by molar-refractivity contribution is 0.210. The highest BCUT2D eigenvalue weighted by atomic mass is 19.1. The van der Waals surface area contributed by atoms with Gasteiger partial charge in [-0.3, -0.25) is 4.90 Å². The van der Waals surface area contributed by atoms with E-state index in [1.165, 1.54) is 12.4 Å². The summed E-state index contributed by atoms with van der Waals surface area (Å²) in [5.74, 6) is 0.139. The second-order valence-corrected chi connectivity index (χ2v) is 4.66. The van der Waals surface area contributed by atoms with Gasteiger partial charge >= 0.3 is 0 Å². The number of rotatable bonds is 4. The minimum atomic E-state index is -0.421. The Morgan fingerprint density at radius 1 is 1.32 bits per heavy atom. The number of hydrogen-bond donors (Lipinski definition) is 0. The number of nitrogens with zero attached hydrogens (tertiary/aromatic N) is 5. The molecule has 1 aromatic rings. The van der Waals surface area contributed by atoms with Crippen molar-refractivity contribution < 1.29 is 4.39 Å². The lowest BCUT2D eigenvalue weighted by Gasteiger charge is -2.36. The smallest absolute Gasteiger partial charge is 0.225 e. The van der Waals surface area contributed by atoms with Gasteiger partial charge in [-0.15, -0.1) is 0 Å². The van der Waals surface area contributed by atoms with Crippen LogP contribution in [0.5, 0.6) is 0 Å². The molecule has 1 unspecified atom stereocenters. The van der Waals surface area contributed by atoms with Crippen molar-refractivity contribution in [1.82, 2.24) is 14.9 Å². The normalized spacial score (nSPS) is 18.1. The van der Waals surface area contributed by atoms with Gasteiger partial charge in [0.05, 0.1) is 24.5 Å². The molecule has 0 N–H and O–H groups in total. The number of anilines is 1. The molecule has 102 valence electrons. The van der Waals surface area contributed by atoms with Gasteiger partial charge in [0.1, 0.15) is 0 Å². The second kappa shape index (κ2) is 6.43. The molecule has 6 heteroatoms. The van der Waals surface area contributed by atoms with E-state index in [2.05, 4.69) is 27.9 Å². The van der Waals surface area contributed by atoms with E-state index < -0.39 is 5.82 Å². The van der Waals surface area contributed by atoms with E-state index in [9.17, 15) is 4.39 Å². The van der Waals surface area contributed by atoms with E-state index in [-0.39, 0.29) is 6.04 Å². The fraction of sp³-hybridized carbons (Fsp3) is 0.615. The number of hydrogen-bond acceptors (Lipinski definition) is 5. The maximum Gasteiger partial charge on any atom is 0.225 e.